The van der Waals surface area contributed by atoms with Crippen LogP contribution in [0, 0.1) is 0 Å². The molecule has 2 nitrogen and oxygen atoms in total. The van der Waals surface area contributed by atoms with Gasteiger partial charge in [-0.2, -0.15) is 0 Å². The Morgan fingerprint density at radius 2 is 2.00 bits per heavy atom. The van der Waals surface area contributed by atoms with Crippen molar-refractivity contribution < 1.29 is 0 Å². The first-order valence-corrected chi connectivity index (χ1v) is 6.84. The van der Waals surface area contributed by atoms with Crippen LogP contribution in [0.1, 0.15) is 13.3 Å². The van der Waals surface area contributed by atoms with Crippen LogP contribution in [0.25, 0.3) is 10.8 Å². The lowest BCUT2D eigenvalue weighted by atomic mass is 10.1. The Labute approximate surface area is 109 Å². The number of hydrogen-bond donors (Lipinski definition) is 1. The summed E-state index contributed by atoms with van der Waals surface area (Å²) < 4.78 is 0. The number of fused-ring (bicyclic) bond motifs is 1. The Hall–Kier alpha value is -1.54. The topological polar surface area (TPSA) is 15.3 Å². The first kappa shape index (κ1) is 11.5. The molecule has 0 aliphatic carbocycles. The molecule has 0 saturated carbocycles. The zero-order chi connectivity index (χ0) is 12.4. The monoisotopic (exact) mass is 240 g/mol. The van der Waals surface area contributed by atoms with Crippen molar-refractivity contribution in [3.63, 3.8) is 0 Å². The van der Waals surface area contributed by atoms with E-state index < -0.39 is 0 Å². The molecule has 1 aliphatic rings. The van der Waals surface area contributed by atoms with Crippen molar-refractivity contribution in [3.05, 3.63) is 42.5 Å². The van der Waals surface area contributed by atoms with Gasteiger partial charge < -0.3 is 10.2 Å². The van der Waals surface area contributed by atoms with Gasteiger partial charge in [0.2, 0.25) is 0 Å². The average molecular weight is 240 g/mol. The number of nitrogens with one attached hydrogen (secondary N) is 1. The molecule has 2 aromatic rings. The highest BCUT2D eigenvalue weighted by Crippen LogP contribution is 2.25. The number of likely N-dealkylation sites (N-methyl/N-ethyl adjacent to an activating group) is 1. The van der Waals surface area contributed by atoms with Gasteiger partial charge in [-0.05, 0) is 35.9 Å². The third-order valence-corrected chi connectivity index (χ3v) is 3.78. The highest BCUT2D eigenvalue weighted by Gasteiger charge is 2.21. The van der Waals surface area contributed by atoms with E-state index in [4.69, 9.17) is 0 Å². The maximum absolute atomic E-state index is 3.54. The van der Waals surface area contributed by atoms with Gasteiger partial charge in [0, 0.05) is 24.8 Å². The fourth-order valence-corrected chi connectivity index (χ4v) is 2.82. The van der Waals surface area contributed by atoms with Crippen LogP contribution in [0.3, 0.4) is 0 Å². The number of rotatable bonds is 3. The minimum atomic E-state index is 0.654. The minimum Gasteiger partial charge on any atom is -0.370 e. The van der Waals surface area contributed by atoms with Gasteiger partial charge >= 0.3 is 0 Å². The standard InChI is InChI=1S/C16H20N2/c1-2-17-15-9-10-18(12-15)16-8-7-13-5-3-4-6-14(13)11-16/h3-8,11,15,17H,2,9-10,12H2,1H3. The van der Waals surface area contributed by atoms with E-state index in [1.165, 1.54) is 22.9 Å². The molecule has 1 atom stereocenters. The molecule has 1 heterocycles. The molecule has 94 valence electrons. The maximum Gasteiger partial charge on any atom is 0.0373 e. The van der Waals surface area contributed by atoms with Crippen LogP contribution in [0.15, 0.2) is 42.5 Å². The molecule has 0 spiro atoms. The zero-order valence-corrected chi connectivity index (χ0v) is 10.9. The molecular formula is C16H20N2. The minimum absolute atomic E-state index is 0.654. The van der Waals surface area contributed by atoms with Crippen molar-refractivity contribution >= 4 is 16.5 Å². The molecule has 3 rings (SSSR count). The molecule has 18 heavy (non-hydrogen) atoms. The van der Waals surface area contributed by atoms with Crippen LogP contribution >= 0.6 is 0 Å². The molecule has 0 bridgehead atoms. The highest BCUT2D eigenvalue weighted by molar-refractivity contribution is 5.85. The molecule has 1 aliphatic heterocycles. The summed E-state index contributed by atoms with van der Waals surface area (Å²) in [5.41, 5.74) is 1.36. The smallest absolute Gasteiger partial charge is 0.0373 e. The molecule has 0 radical (unpaired) electrons. The number of nitrogens with zero attached hydrogens (tertiary/aromatic N) is 1. The molecule has 1 fully saturated rings. The number of hydrogen-bond acceptors (Lipinski definition) is 2. The third-order valence-electron chi connectivity index (χ3n) is 3.78. The Balaban J connectivity index is 1.82. The van der Waals surface area contributed by atoms with Crippen molar-refractivity contribution in [1.29, 1.82) is 0 Å². The predicted molar refractivity (Wildman–Crippen MR) is 78.2 cm³/mol. The molecule has 1 saturated heterocycles. The van der Waals surface area contributed by atoms with Gasteiger partial charge in [-0.15, -0.1) is 0 Å². The Bertz CT molecular complexity index is 535. The lowest BCUT2D eigenvalue weighted by Crippen LogP contribution is -2.32. The van der Waals surface area contributed by atoms with Gasteiger partial charge in [-0.1, -0.05) is 37.3 Å². The number of benzene rings is 2. The Kier molecular flexibility index (Phi) is 3.20. The lowest BCUT2D eigenvalue weighted by molar-refractivity contribution is 0.572. The zero-order valence-electron chi connectivity index (χ0n) is 10.9. The van der Waals surface area contributed by atoms with E-state index in [1.807, 2.05) is 0 Å². The van der Waals surface area contributed by atoms with Gasteiger partial charge in [0.25, 0.3) is 0 Å². The summed E-state index contributed by atoms with van der Waals surface area (Å²) in [5.74, 6) is 0. The average Bonchev–Trinajstić information content (AvgIpc) is 2.87. The Morgan fingerprint density at radius 3 is 2.83 bits per heavy atom. The normalized spacial score (nSPS) is 19.6. The molecule has 0 amide bonds. The second-order valence-electron chi connectivity index (χ2n) is 5.02. The summed E-state index contributed by atoms with van der Waals surface area (Å²) in [4.78, 5) is 2.49. The first-order valence-electron chi connectivity index (χ1n) is 6.84. The summed E-state index contributed by atoms with van der Waals surface area (Å²) in [6.45, 7) is 5.54. The molecule has 2 aromatic carbocycles. The van der Waals surface area contributed by atoms with E-state index in [2.05, 4.69) is 59.6 Å². The second-order valence-corrected chi connectivity index (χ2v) is 5.02. The van der Waals surface area contributed by atoms with Gasteiger partial charge in [0.15, 0.2) is 0 Å². The van der Waals surface area contributed by atoms with E-state index in [-0.39, 0.29) is 0 Å². The van der Waals surface area contributed by atoms with Crippen molar-refractivity contribution in [2.45, 2.75) is 19.4 Å². The summed E-state index contributed by atoms with van der Waals surface area (Å²) in [6.07, 6.45) is 1.25. The van der Waals surface area contributed by atoms with Gasteiger partial charge in [-0.3, -0.25) is 0 Å². The van der Waals surface area contributed by atoms with Crippen LogP contribution in [-0.2, 0) is 0 Å². The van der Waals surface area contributed by atoms with E-state index in [9.17, 15) is 0 Å². The summed E-state index contributed by atoms with van der Waals surface area (Å²) in [6, 6.07) is 16.0. The first-order chi connectivity index (χ1) is 8.86. The van der Waals surface area contributed by atoms with Crippen molar-refractivity contribution in [1.82, 2.24) is 5.32 Å². The van der Waals surface area contributed by atoms with Gasteiger partial charge in [0.05, 0.1) is 0 Å². The van der Waals surface area contributed by atoms with E-state index in [0.29, 0.717) is 6.04 Å². The van der Waals surface area contributed by atoms with Crippen LogP contribution < -0.4 is 10.2 Å². The van der Waals surface area contributed by atoms with Crippen molar-refractivity contribution in [3.8, 4) is 0 Å². The van der Waals surface area contributed by atoms with Gasteiger partial charge in [-0.25, -0.2) is 0 Å². The fourth-order valence-electron chi connectivity index (χ4n) is 2.82. The fraction of sp³-hybridized carbons (Fsp3) is 0.375. The quantitative estimate of drug-likeness (QED) is 0.887. The van der Waals surface area contributed by atoms with Crippen LogP contribution in [0.5, 0.6) is 0 Å². The van der Waals surface area contributed by atoms with E-state index in [0.717, 1.165) is 19.6 Å². The van der Waals surface area contributed by atoms with E-state index >= 15 is 0 Å². The van der Waals surface area contributed by atoms with Crippen molar-refractivity contribution in [2.24, 2.45) is 0 Å². The van der Waals surface area contributed by atoms with Crippen LogP contribution in [0.2, 0.25) is 0 Å². The molecule has 1 N–H and O–H groups in total. The van der Waals surface area contributed by atoms with E-state index in [1.54, 1.807) is 0 Å². The maximum atomic E-state index is 3.54. The highest BCUT2D eigenvalue weighted by atomic mass is 15.2. The van der Waals surface area contributed by atoms with Gasteiger partial charge in [0.1, 0.15) is 0 Å². The van der Waals surface area contributed by atoms with Crippen molar-refractivity contribution in [2.75, 3.05) is 24.5 Å². The molecule has 0 aromatic heterocycles. The SMILES string of the molecule is CCNC1CCN(c2ccc3ccccc3c2)C1. The second kappa shape index (κ2) is 4.99. The lowest BCUT2D eigenvalue weighted by Gasteiger charge is -2.19. The molecule has 2 heteroatoms. The summed E-state index contributed by atoms with van der Waals surface area (Å²) in [5, 5.41) is 6.20. The summed E-state index contributed by atoms with van der Waals surface area (Å²) >= 11 is 0. The summed E-state index contributed by atoms with van der Waals surface area (Å²) in [7, 11) is 0. The third kappa shape index (κ3) is 2.21. The van der Waals surface area contributed by atoms with Crippen LogP contribution in [-0.4, -0.2) is 25.7 Å². The predicted octanol–water partition coefficient (Wildman–Crippen LogP) is 3.03. The van der Waals surface area contributed by atoms with Crippen LogP contribution in [0.4, 0.5) is 5.69 Å². The molecule has 1 unspecified atom stereocenters. The molecular weight excluding hydrogens is 220 g/mol. The number of anilines is 1. The largest absolute Gasteiger partial charge is 0.370 e. The Morgan fingerprint density at radius 1 is 1.17 bits per heavy atom.